The summed E-state index contributed by atoms with van der Waals surface area (Å²) >= 11 is 1.64. The number of fused-ring (bicyclic) bond motifs is 1. The summed E-state index contributed by atoms with van der Waals surface area (Å²) in [7, 11) is 0. The van der Waals surface area contributed by atoms with Gasteiger partial charge in [0.25, 0.3) is 0 Å². The number of nitrogens with zero attached hydrogens (tertiary/aromatic N) is 1. The third-order valence-corrected chi connectivity index (χ3v) is 4.39. The van der Waals surface area contributed by atoms with E-state index in [2.05, 4.69) is 16.4 Å². The molecule has 2 aromatic heterocycles. The van der Waals surface area contributed by atoms with E-state index < -0.39 is 0 Å². The number of hydrogen-bond donors (Lipinski definition) is 1. The molecule has 1 aliphatic carbocycles. The van der Waals surface area contributed by atoms with Crippen LogP contribution >= 0.6 is 11.3 Å². The van der Waals surface area contributed by atoms with Crippen LogP contribution in [0.5, 0.6) is 0 Å². The van der Waals surface area contributed by atoms with Crippen molar-refractivity contribution in [3.8, 4) is 10.6 Å². The second-order valence-electron chi connectivity index (χ2n) is 4.84. The fraction of sp³-hybridized carbons (Fsp3) is 0.214. The van der Waals surface area contributed by atoms with E-state index in [0.717, 1.165) is 40.1 Å². The van der Waals surface area contributed by atoms with E-state index in [1.165, 1.54) is 0 Å². The lowest BCUT2D eigenvalue weighted by Gasteiger charge is -2.01. The van der Waals surface area contributed by atoms with Crippen LogP contribution in [0.15, 0.2) is 40.3 Å². The van der Waals surface area contributed by atoms with E-state index in [-0.39, 0.29) is 5.54 Å². The first kappa shape index (κ1) is 10.3. The Morgan fingerprint density at radius 1 is 1.28 bits per heavy atom. The van der Waals surface area contributed by atoms with Crippen molar-refractivity contribution in [2.75, 3.05) is 0 Å². The lowest BCUT2D eigenvalue weighted by atomic mass is 10.2. The number of furan rings is 1. The van der Waals surface area contributed by atoms with E-state index in [0.29, 0.717) is 0 Å². The van der Waals surface area contributed by atoms with Gasteiger partial charge in [0, 0.05) is 10.8 Å². The predicted octanol–water partition coefficient (Wildman–Crippen LogP) is 3.50. The predicted molar refractivity (Wildman–Crippen MR) is 72.4 cm³/mol. The Kier molecular flexibility index (Phi) is 1.96. The highest BCUT2D eigenvalue weighted by Gasteiger charge is 2.42. The summed E-state index contributed by atoms with van der Waals surface area (Å²) in [5.41, 5.74) is 8.99. The number of aromatic nitrogens is 1. The zero-order valence-corrected chi connectivity index (χ0v) is 10.5. The van der Waals surface area contributed by atoms with Crippen molar-refractivity contribution < 1.29 is 4.42 Å². The molecule has 3 aromatic rings. The lowest BCUT2D eigenvalue weighted by Crippen LogP contribution is -2.18. The van der Waals surface area contributed by atoms with Gasteiger partial charge < -0.3 is 10.2 Å². The Bertz CT molecular complexity index is 724. The van der Waals surface area contributed by atoms with E-state index in [9.17, 15) is 0 Å². The molecule has 0 unspecified atom stereocenters. The monoisotopic (exact) mass is 256 g/mol. The first-order valence-corrected chi connectivity index (χ1v) is 6.86. The Hall–Kier alpha value is -1.65. The number of benzene rings is 1. The minimum Gasteiger partial charge on any atom is -0.464 e. The molecule has 4 heteroatoms. The summed E-state index contributed by atoms with van der Waals surface area (Å²) in [5.74, 6) is 0. The van der Waals surface area contributed by atoms with Gasteiger partial charge in [-0.25, -0.2) is 4.98 Å². The van der Waals surface area contributed by atoms with Gasteiger partial charge in [0.15, 0.2) is 0 Å². The normalized spacial score (nSPS) is 17.2. The third kappa shape index (κ3) is 1.43. The van der Waals surface area contributed by atoms with Gasteiger partial charge in [-0.2, -0.15) is 0 Å². The largest absolute Gasteiger partial charge is 0.464 e. The molecule has 0 radical (unpaired) electrons. The van der Waals surface area contributed by atoms with Crippen LogP contribution in [0.1, 0.15) is 18.5 Å². The number of para-hydroxylation sites is 1. The van der Waals surface area contributed by atoms with Crippen LogP contribution in [0.2, 0.25) is 0 Å². The molecule has 0 atom stereocenters. The smallest absolute Gasteiger partial charge is 0.134 e. The SMILES string of the molecule is NC1(c2csc(-c3coc4ccccc34)n2)CC1. The zero-order chi connectivity index (χ0) is 12.2. The number of hydrogen-bond acceptors (Lipinski definition) is 4. The topological polar surface area (TPSA) is 52.0 Å². The average molecular weight is 256 g/mol. The Morgan fingerprint density at radius 2 is 2.11 bits per heavy atom. The summed E-state index contributed by atoms with van der Waals surface area (Å²) in [4.78, 5) is 4.67. The van der Waals surface area contributed by atoms with E-state index in [4.69, 9.17) is 10.2 Å². The molecular weight excluding hydrogens is 244 g/mol. The molecule has 18 heavy (non-hydrogen) atoms. The molecule has 4 rings (SSSR count). The van der Waals surface area contributed by atoms with Crippen molar-refractivity contribution in [2.24, 2.45) is 5.73 Å². The van der Waals surface area contributed by atoms with E-state index in [1.54, 1.807) is 17.6 Å². The van der Waals surface area contributed by atoms with E-state index >= 15 is 0 Å². The first-order chi connectivity index (χ1) is 8.76. The van der Waals surface area contributed by atoms with Crippen LogP contribution < -0.4 is 5.73 Å². The Balaban J connectivity index is 1.85. The molecule has 2 heterocycles. The molecule has 1 fully saturated rings. The van der Waals surface area contributed by atoms with Crippen molar-refractivity contribution in [1.29, 1.82) is 0 Å². The summed E-state index contributed by atoms with van der Waals surface area (Å²) in [5, 5.41) is 4.18. The quantitative estimate of drug-likeness (QED) is 0.763. The fourth-order valence-electron chi connectivity index (χ4n) is 2.16. The molecule has 3 nitrogen and oxygen atoms in total. The third-order valence-electron chi connectivity index (χ3n) is 3.51. The van der Waals surface area contributed by atoms with Gasteiger partial charge in [0.2, 0.25) is 0 Å². The van der Waals surface area contributed by atoms with Crippen molar-refractivity contribution in [3.63, 3.8) is 0 Å². The molecule has 1 saturated carbocycles. The molecule has 1 aliphatic rings. The lowest BCUT2D eigenvalue weighted by molar-refractivity contribution is 0.617. The van der Waals surface area contributed by atoms with Gasteiger partial charge in [-0.3, -0.25) is 0 Å². The second kappa shape index (κ2) is 3.43. The molecule has 0 amide bonds. The van der Waals surface area contributed by atoms with Crippen molar-refractivity contribution in [2.45, 2.75) is 18.4 Å². The summed E-state index contributed by atoms with van der Waals surface area (Å²) in [6.45, 7) is 0. The Morgan fingerprint density at radius 3 is 2.94 bits per heavy atom. The van der Waals surface area contributed by atoms with Crippen LogP contribution in [-0.4, -0.2) is 4.98 Å². The van der Waals surface area contributed by atoms with Crippen LogP contribution in [-0.2, 0) is 5.54 Å². The van der Waals surface area contributed by atoms with Gasteiger partial charge in [0.1, 0.15) is 16.9 Å². The number of thiazole rings is 1. The molecule has 0 bridgehead atoms. The highest BCUT2D eigenvalue weighted by molar-refractivity contribution is 7.13. The van der Waals surface area contributed by atoms with Crippen LogP contribution in [0.25, 0.3) is 21.5 Å². The van der Waals surface area contributed by atoms with Crippen molar-refractivity contribution in [1.82, 2.24) is 4.98 Å². The Labute approximate surface area is 108 Å². The molecule has 2 N–H and O–H groups in total. The fourth-order valence-corrected chi connectivity index (χ4v) is 3.11. The molecule has 0 aliphatic heterocycles. The molecule has 1 aromatic carbocycles. The highest BCUT2D eigenvalue weighted by Crippen LogP contribution is 2.44. The van der Waals surface area contributed by atoms with Crippen molar-refractivity contribution in [3.05, 3.63) is 41.6 Å². The van der Waals surface area contributed by atoms with Gasteiger partial charge >= 0.3 is 0 Å². The maximum Gasteiger partial charge on any atom is 0.134 e. The number of rotatable bonds is 2. The second-order valence-corrected chi connectivity index (χ2v) is 5.70. The van der Waals surface area contributed by atoms with Crippen LogP contribution in [0.3, 0.4) is 0 Å². The maximum atomic E-state index is 6.17. The zero-order valence-electron chi connectivity index (χ0n) is 9.72. The van der Waals surface area contributed by atoms with Gasteiger partial charge in [-0.05, 0) is 18.9 Å². The van der Waals surface area contributed by atoms with Crippen LogP contribution in [0, 0.1) is 0 Å². The summed E-state index contributed by atoms with van der Waals surface area (Å²) in [6.07, 6.45) is 3.87. The van der Waals surface area contributed by atoms with Gasteiger partial charge in [-0.1, -0.05) is 18.2 Å². The highest BCUT2D eigenvalue weighted by atomic mass is 32.1. The average Bonchev–Trinajstić information content (AvgIpc) is 2.86. The van der Waals surface area contributed by atoms with E-state index in [1.807, 2.05) is 18.2 Å². The standard InChI is InChI=1S/C14H12N2OS/c15-14(5-6-14)12-8-18-13(16-12)10-7-17-11-4-2-1-3-9(10)11/h1-4,7-8H,5-6,15H2. The maximum absolute atomic E-state index is 6.17. The van der Waals surface area contributed by atoms with Gasteiger partial charge in [-0.15, -0.1) is 11.3 Å². The van der Waals surface area contributed by atoms with Crippen LogP contribution in [0.4, 0.5) is 0 Å². The molecule has 90 valence electrons. The summed E-state index contributed by atoms with van der Waals surface area (Å²) < 4.78 is 5.55. The number of nitrogens with two attached hydrogens (primary N) is 1. The summed E-state index contributed by atoms with van der Waals surface area (Å²) in [6, 6.07) is 8.02. The molecular formula is C14H12N2OS. The minimum atomic E-state index is -0.158. The molecule has 0 spiro atoms. The van der Waals surface area contributed by atoms with Gasteiger partial charge in [0.05, 0.1) is 16.8 Å². The molecule has 0 saturated heterocycles. The van der Waals surface area contributed by atoms with Crippen molar-refractivity contribution >= 4 is 22.3 Å². The minimum absolute atomic E-state index is 0.158. The first-order valence-electron chi connectivity index (χ1n) is 5.98.